The maximum absolute atomic E-state index is 13.5. The Labute approximate surface area is 203 Å². The summed E-state index contributed by atoms with van der Waals surface area (Å²) in [6.45, 7) is 0. The lowest BCUT2D eigenvalue weighted by Crippen LogP contribution is -2.37. The predicted molar refractivity (Wildman–Crippen MR) is 125 cm³/mol. The van der Waals surface area contributed by atoms with E-state index in [2.05, 4.69) is 20.3 Å². The Balaban J connectivity index is 1.48. The predicted octanol–water partition coefficient (Wildman–Crippen LogP) is 5.18. The molecule has 36 heavy (non-hydrogen) atoms. The largest absolute Gasteiger partial charge is 0.493 e. The Hall–Kier alpha value is -4.02. The van der Waals surface area contributed by atoms with Gasteiger partial charge in [0.25, 0.3) is 0 Å². The number of methoxy groups -OCH3 is 1. The Morgan fingerprint density at radius 3 is 2.53 bits per heavy atom. The molecule has 0 bridgehead atoms. The van der Waals surface area contributed by atoms with E-state index < -0.39 is 17.5 Å². The average molecular weight is 494 g/mol. The molecule has 1 amide bonds. The minimum atomic E-state index is -4.64. The van der Waals surface area contributed by atoms with Gasteiger partial charge in [0.15, 0.2) is 11.6 Å². The molecule has 6 rings (SSSR count). The molecule has 2 saturated carbocycles. The van der Waals surface area contributed by atoms with Crippen molar-refractivity contribution < 1.29 is 22.7 Å². The number of hydrogen-bond donors (Lipinski definition) is 1. The molecule has 1 N–H and O–H groups in total. The van der Waals surface area contributed by atoms with E-state index in [1.807, 2.05) is 41.2 Å². The molecule has 3 aromatic heterocycles. The summed E-state index contributed by atoms with van der Waals surface area (Å²) in [6, 6.07) is 11.5. The lowest BCUT2D eigenvalue weighted by molar-refractivity contribution is -0.189. The van der Waals surface area contributed by atoms with E-state index in [9.17, 15) is 18.0 Å². The summed E-state index contributed by atoms with van der Waals surface area (Å²) in [7, 11) is 1.35. The number of anilines is 1. The number of fused-ring (bicyclic) bond motifs is 1. The number of rotatable bonds is 6. The van der Waals surface area contributed by atoms with Crippen molar-refractivity contribution >= 4 is 22.8 Å². The summed E-state index contributed by atoms with van der Waals surface area (Å²) in [5.41, 5.74) is 1.12. The molecule has 0 aliphatic heterocycles. The van der Waals surface area contributed by atoms with E-state index in [1.54, 1.807) is 0 Å². The zero-order valence-electron chi connectivity index (χ0n) is 19.2. The van der Waals surface area contributed by atoms with Gasteiger partial charge >= 0.3 is 6.18 Å². The van der Waals surface area contributed by atoms with Crippen LogP contribution in [0.25, 0.3) is 33.5 Å². The number of amides is 1. The van der Waals surface area contributed by atoms with Gasteiger partial charge in [-0.2, -0.15) is 18.3 Å². The van der Waals surface area contributed by atoms with Crippen molar-refractivity contribution in [3.05, 3.63) is 48.9 Å². The number of aromatic nitrogens is 5. The van der Waals surface area contributed by atoms with Crippen LogP contribution in [-0.2, 0) is 4.79 Å². The second-order valence-corrected chi connectivity index (χ2v) is 9.13. The number of hydrogen-bond acceptors (Lipinski definition) is 6. The first-order chi connectivity index (χ1) is 17.3. The van der Waals surface area contributed by atoms with Gasteiger partial charge in [0.2, 0.25) is 5.91 Å². The molecule has 2 aliphatic carbocycles. The van der Waals surface area contributed by atoms with Crippen LogP contribution in [0.2, 0.25) is 0 Å². The molecule has 2 aliphatic rings. The molecule has 8 nitrogen and oxygen atoms in total. The van der Waals surface area contributed by atoms with Crippen LogP contribution in [0.3, 0.4) is 0 Å². The van der Waals surface area contributed by atoms with Crippen LogP contribution < -0.4 is 10.1 Å². The van der Waals surface area contributed by atoms with Crippen LogP contribution in [-0.4, -0.2) is 43.9 Å². The highest BCUT2D eigenvalue weighted by atomic mass is 19.4. The zero-order valence-corrected chi connectivity index (χ0v) is 19.2. The van der Waals surface area contributed by atoms with Gasteiger partial charge in [-0.1, -0.05) is 30.3 Å². The summed E-state index contributed by atoms with van der Waals surface area (Å²) in [6.07, 6.45) is 0.217. The first-order valence-corrected chi connectivity index (χ1v) is 11.5. The highest BCUT2D eigenvalue weighted by Crippen LogP contribution is 2.58. The van der Waals surface area contributed by atoms with Crippen LogP contribution in [0.1, 0.15) is 31.7 Å². The molecular formula is C25H21F3N6O2. The number of halogens is 3. The van der Waals surface area contributed by atoms with Crippen molar-refractivity contribution in [3.63, 3.8) is 0 Å². The van der Waals surface area contributed by atoms with Gasteiger partial charge in [-0.05, 0) is 25.7 Å². The minimum Gasteiger partial charge on any atom is -0.493 e. The summed E-state index contributed by atoms with van der Waals surface area (Å²) in [4.78, 5) is 25.9. The maximum atomic E-state index is 13.5. The maximum Gasteiger partial charge on any atom is 0.403 e. The molecule has 2 fully saturated rings. The van der Waals surface area contributed by atoms with Gasteiger partial charge in [0, 0.05) is 23.4 Å². The van der Waals surface area contributed by atoms with Gasteiger partial charge < -0.3 is 10.1 Å². The van der Waals surface area contributed by atoms with Crippen molar-refractivity contribution in [1.82, 2.24) is 24.7 Å². The van der Waals surface area contributed by atoms with Gasteiger partial charge in [-0.15, -0.1) is 0 Å². The molecule has 3 heterocycles. The van der Waals surface area contributed by atoms with E-state index in [4.69, 9.17) is 9.84 Å². The third-order valence-corrected chi connectivity index (χ3v) is 6.71. The van der Waals surface area contributed by atoms with Gasteiger partial charge in [0.05, 0.1) is 18.7 Å². The lowest BCUT2D eigenvalue weighted by atomic mass is 10.0. The van der Waals surface area contributed by atoms with E-state index in [1.165, 1.54) is 19.5 Å². The normalized spacial score (nSPS) is 16.7. The fraction of sp³-hybridized carbons (Fsp3) is 0.320. The van der Waals surface area contributed by atoms with Crippen molar-refractivity contribution in [1.29, 1.82) is 0 Å². The summed E-state index contributed by atoms with van der Waals surface area (Å²) in [5.74, 6) is -1.15. The number of nitrogens with one attached hydrogen (secondary N) is 1. The van der Waals surface area contributed by atoms with Gasteiger partial charge in [0.1, 0.15) is 28.6 Å². The van der Waals surface area contributed by atoms with E-state index in [0.29, 0.717) is 34.0 Å². The van der Waals surface area contributed by atoms with E-state index >= 15 is 0 Å². The summed E-state index contributed by atoms with van der Waals surface area (Å²) < 4.78 is 47.8. The Bertz CT molecular complexity index is 1480. The Morgan fingerprint density at radius 2 is 1.89 bits per heavy atom. The molecule has 0 atom stereocenters. The van der Waals surface area contributed by atoms with Crippen LogP contribution in [0, 0.1) is 5.41 Å². The van der Waals surface area contributed by atoms with Crippen LogP contribution in [0.5, 0.6) is 5.75 Å². The fourth-order valence-corrected chi connectivity index (χ4v) is 4.30. The quantitative estimate of drug-likeness (QED) is 0.397. The number of benzene rings is 1. The summed E-state index contributed by atoms with van der Waals surface area (Å²) in [5, 5.41) is 7.16. The lowest BCUT2D eigenvalue weighted by Gasteiger charge is -2.19. The first-order valence-electron chi connectivity index (χ1n) is 11.5. The third kappa shape index (κ3) is 3.66. The van der Waals surface area contributed by atoms with Gasteiger partial charge in [-0.3, -0.25) is 9.48 Å². The number of ether oxygens (including phenoxy) is 1. The molecule has 184 valence electrons. The van der Waals surface area contributed by atoms with Crippen LogP contribution in [0.4, 0.5) is 19.0 Å². The zero-order chi connectivity index (χ0) is 25.1. The molecule has 11 heteroatoms. The highest BCUT2D eigenvalue weighted by Gasteiger charge is 2.68. The minimum absolute atomic E-state index is 0.107. The van der Waals surface area contributed by atoms with Crippen LogP contribution in [0.15, 0.2) is 48.9 Å². The van der Waals surface area contributed by atoms with Crippen LogP contribution >= 0.6 is 0 Å². The smallest absolute Gasteiger partial charge is 0.403 e. The topological polar surface area (TPSA) is 94.8 Å². The van der Waals surface area contributed by atoms with E-state index in [0.717, 1.165) is 18.4 Å². The number of nitrogens with zero attached hydrogens (tertiary/aromatic N) is 5. The molecule has 0 radical (unpaired) electrons. The second-order valence-electron chi connectivity index (χ2n) is 9.13. The Morgan fingerprint density at radius 1 is 1.14 bits per heavy atom. The SMILES string of the molecule is COc1cc2ncnc(-c3cn(C4CC4)nc3-c3ccccc3)c2nc1NC(=O)C1(C(F)(F)F)CC1. The van der Waals surface area contributed by atoms with Crippen molar-refractivity contribution in [2.24, 2.45) is 5.41 Å². The number of carbonyl (C=O) groups excluding carboxylic acids is 1. The molecule has 0 unspecified atom stereocenters. The molecule has 0 saturated heterocycles. The average Bonchev–Trinajstić information content (AvgIpc) is 3.80. The third-order valence-electron chi connectivity index (χ3n) is 6.71. The highest BCUT2D eigenvalue weighted by molar-refractivity contribution is 6.00. The standard InChI is InChI=1S/C25H21F3N6O2/c1-36-18-11-17-21(31-22(18)32-23(35)24(9-10-24)25(26,27)28)20(30-13-29-17)16-12-34(15-7-8-15)33-19(16)14-5-3-2-4-6-14/h2-6,11-13,15H,7-10H2,1H3,(H,31,32,35). The number of alkyl halides is 3. The Kier molecular flexibility index (Phi) is 4.99. The van der Waals surface area contributed by atoms with Crippen molar-refractivity contribution in [3.8, 4) is 28.3 Å². The second kappa shape index (κ2) is 8.00. The van der Waals surface area contributed by atoms with E-state index in [-0.39, 0.29) is 24.4 Å². The monoisotopic (exact) mass is 494 g/mol. The molecular weight excluding hydrogens is 473 g/mol. The first kappa shape index (κ1) is 22.4. The number of pyridine rings is 1. The van der Waals surface area contributed by atoms with Gasteiger partial charge in [-0.25, -0.2) is 15.0 Å². The van der Waals surface area contributed by atoms with Crippen molar-refractivity contribution in [2.75, 3.05) is 12.4 Å². The van der Waals surface area contributed by atoms with Crippen molar-refractivity contribution in [2.45, 2.75) is 37.9 Å². The summed E-state index contributed by atoms with van der Waals surface area (Å²) >= 11 is 0. The number of carbonyl (C=O) groups is 1. The molecule has 0 spiro atoms. The fourth-order valence-electron chi connectivity index (χ4n) is 4.30. The molecule has 4 aromatic rings. The molecule has 1 aromatic carbocycles.